The lowest BCUT2D eigenvalue weighted by molar-refractivity contribution is -0.123. The van der Waals surface area contributed by atoms with E-state index in [9.17, 15) is 13.2 Å². The van der Waals surface area contributed by atoms with Crippen LogP contribution in [0, 0.1) is 5.92 Å². The fourth-order valence-electron chi connectivity index (χ4n) is 3.53. The summed E-state index contributed by atoms with van der Waals surface area (Å²) in [4.78, 5) is 21.9. The number of pyridine rings is 1. The smallest absolute Gasteiger partial charge is 0.263 e. The maximum atomic E-state index is 12.9. The van der Waals surface area contributed by atoms with E-state index in [-0.39, 0.29) is 29.1 Å². The first-order chi connectivity index (χ1) is 16.8. The van der Waals surface area contributed by atoms with Gasteiger partial charge in [0, 0.05) is 30.4 Å². The van der Waals surface area contributed by atoms with Gasteiger partial charge in [0.2, 0.25) is 11.8 Å². The molecule has 0 aliphatic carbocycles. The molecule has 10 heteroatoms. The number of amides is 1. The van der Waals surface area contributed by atoms with E-state index >= 15 is 0 Å². The van der Waals surface area contributed by atoms with Crippen LogP contribution in [0.15, 0.2) is 76.7 Å². The van der Waals surface area contributed by atoms with Crippen molar-refractivity contribution in [2.75, 3.05) is 7.11 Å². The van der Waals surface area contributed by atoms with Crippen LogP contribution < -0.4 is 19.5 Å². The van der Waals surface area contributed by atoms with Crippen LogP contribution in [0.3, 0.4) is 0 Å². The lowest BCUT2D eigenvalue weighted by atomic mass is 10.0. The topological polar surface area (TPSA) is 119 Å². The number of hydrogen-bond donors (Lipinski definition) is 2. The SMILES string of the molecule is COc1cccc(Oc2ccc(CNC(=O)[C@@H](N=C3NS(=O)(=O)c4ccccc43)C(C)C)cn2)c1. The molecule has 9 nitrogen and oxygen atoms in total. The van der Waals surface area contributed by atoms with Gasteiger partial charge in [0.15, 0.2) is 0 Å². The van der Waals surface area contributed by atoms with Crippen molar-refractivity contribution in [3.63, 3.8) is 0 Å². The van der Waals surface area contributed by atoms with Crippen LogP contribution in [0.5, 0.6) is 17.4 Å². The molecule has 1 atom stereocenters. The van der Waals surface area contributed by atoms with Crippen molar-refractivity contribution in [3.8, 4) is 17.4 Å². The lowest BCUT2D eigenvalue weighted by Crippen LogP contribution is -2.38. The highest BCUT2D eigenvalue weighted by Gasteiger charge is 2.32. The highest BCUT2D eigenvalue weighted by atomic mass is 32.2. The van der Waals surface area contributed by atoms with E-state index in [0.717, 1.165) is 5.56 Å². The molecular formula is C25H26N4O5S. The fourth-order valence-corrected chi connectivity index (χ4v) is 4.77. The second kappa shape index (κ2) is 10.1. The molecule has 1 aromatic heterocycles. The Kier molecular flexibility index (Phi) is 7.02. The minimum Gasteiger partial charge on any atom is -0.497 e. The van der Waals surface area contributed by atoms with Gasteiger partial charge in [-0.1, -0.05) is 38.1 Å². The molecule has 182 valence electrons. The average molecular weight is 495 g/mol. The largest absolute Gasteiger partial charge is 0.497 e. The van der Waals surface area contributed by atoms with Crippen molar-refractivity contribution in [3.05, 3.63) is 78.0 Å². The van der Waals surface area contributed by atoms with Gasteiger partial charge < -0.3 is 14.8 Å². The predicted octanol–water partition coefficient (Wildman–Crippen LogP) is 3.26. The molecule has 0 saturated heterocycles. The van der Waals surface area contributed by atoms with Gasteiger partial charge in [-0.15, -0.1) is 0 Å². The molecule has 0 bridgehead atoms. The minimum atomic E-state index is -3.68. The Morgan fingerprint density at radius 3 is 2.57 bits per heavy atom. The van der Waals surface area contributed by atoms with Gasteiger partial charge in [0.25, 0.3) is 10.0 Å². The Bertz CT molecular complexity index is 1350. The monoisotopic (exact) mass is 494 g/mol. The van der Waals surface area contributed by atoms with Gasteiger partial charge in [-0.25, -0.2) is 13.4 Å². The molecule has 0 spiro atoms. The van der Waals surface area contributed by atoms with Crippen LogP contribution in [0.4, 0.5) is 0 Å². The number of nitrogens with one attached hydrogen (secondary N) is 2. The van der Waals surface area contributed by atoms with Crippen molar-refractivity contribution >= 4 is 21.8 Å². The van der Waals surface area contributed by atoms with E-state index in [0.29, 0.717) is 22.9 Å². The van der Waals surface area contributed by atoms with E-state index in [4.69, 9.17) is 9.47 Å². The number of benzene rings is 2. The van der Waals surface area contributed by atoms with Gasteiger partial charge in [0.05, 0.1) is 12.0 Å². The second-order valence-corrected chi connectivity index (χ2v) is 9.92. The number of fused-ring (bicyclic) bond motifs is 1. The predicted molar refractivity (Wildman–Crippen MR) is 131 cm³/mol. The standard InChI is InChI=1S/C25H26N4O5S/c1-16(2)23(28-24-20-9-4-5-10-21(20)35(31,32)29-24)25(30)27-15-17-11-12-22(26-14-17)34-19-8-6-7-18(13-19)33-3/h4-14,16,23H,15H2,1-3H3,(H,27,30)(H,28,29)/t23-/m0/s1. The lowest BCUT2D eigenvalue weighted by Gasteiger charge is -2.17. The summed E-state index contributed by atoms with van der Waals surface area (Å²) in [5, 5.41) is 2.86. The van der Waals surface area contributed by atoms with Gasteiger partial charge >= 0.3 is 0 Å². The van der Waals surface area contributed by atoms with Crippen LogP contribution in [0.25, 0.3) is 0 Å². The number of rotatable bonds is 8. The first kappa shape index (κ1) is 24.2. The van der Waals surface area contributed by atoms with Crippen molar-refractivity contribution in [1.82, 2.24) is 15.0 Å². The van der Waals surface area contributed by atoms with E-state index < -0.39 is 16.1 Å². The van der Waals surface area contributed by atoms with Crippen molar-refractivity contribution in [2.24, 2.45) is 10.9 Å². The molecular weight excluding hydrogens is 468 g/mol. The first-order valence-electron chi connectivity index (χ1n) is 11.0. The molecule has 1 aliphatic heterocycles. The zero-order chi connectivity index (χ0) is 25.0. The van der Waals surface area contributed by atoms with Crippen molar-refractivity contribution < 1.29 is 22.7 Å². The normalized spacial score (nSPS) is 15.8. The number of carbonyl (C=O) groups is 1. The molecule has 4 rings (SSSR count). The summed E-state index contributed by atoms with van der Waals surface area (Å²) in [6.45, 7) is 3.95. The number of hydrogen-bond acceptors (Lipinski definition) is 7. The van der Waals surface area contributed by atoms with E-state index in [1.165, 1.54) is 6.07 Å². The Morgan fingerprint density at radius 2 is 1.86 bits per heavy atom. The zero-order valence-electron chi connectivity index (χ0n) is 19.6. The molecule has 2 aromatic carbocycles. The highest BCUT2D eigenvalue weighted by Crippen LogP contribution is 2.25. The summed E-state index contributed by atoms with van der Waals surface area (Å²) in [5.41, 5.74) is 1.24. The highest BCUT2D eigenvalue weighted by molar-refractivity contribution is 7.90. The summed E-state index contributed by atoms with van der Waals surface area (Å²) in [6, 6.07) is 16.5. The molecule has 0 saturated carbocycles. The number of methoxy groups -OCH3 is 1. The number of aliphatic imine (C=N–C) groups is 1. The summed E-state index contributed by atoms with van der Waals surface area (Å²) < 4.78 is 38.1. The van der Waals surface area contributed by atoms with Gasteiger partial charge in [-0.05, 0) is 35.7 Å². The molecule has 3 aromatic rings. The first-order valence-corrected chi connectivity index (χ1v) is 12.5. The van der Waals surface area contributed by atoms with Crippen molar-refractivity contribution in [2.45, 2.75) is 31.3 Å². The Hall–Kier alpha value is -3.92. The summed E-state index contributed by atoms with van der Waals surface area (Å²) in [7, 11) is -2.09. The number of ether oxygens (including phenoxy) is 2. The molecule has 0 fully saturated rings. The third-order valence-electron chi connectivity index (χ3n) is 5.36. The Balaban J connectivity index is 1.42. The number of sulfonamides is 1. The van der Waals surface area contributed by atoms with Crippen LogP contribution in [0.2, 0.25) is 0 Å². The van der Waals surface area contributed by atoms with Crippen LogP contribution >= 0.6 is 0 Å². The maximum absolute atomic E-state index is 12.9. The van der Waals surface area contributed by atoms with E-state index in [1.807, 2.05) is 26.0 Å². The number of aromatic nitrogens is 1. The third kappa shape index (κ3) is 5.60. The second-order valence-electron chi connectivity index (χ2n) is 8.27. The Labute approximate surface area is 204 Å². The molecule has 0 unspecified atom stereocenters. The summed E-state index contributed by atoms with van der Waals surface area (Å²) >= 11 is 0. The molecule has 0 radical (unpaired) electrons. The quantitative estimate of drug-likeness (QED) is 0.496. The molecule has 2 N–H and O–H groups in total. The van der Waals surface area contributed by atoms with Crippen LogP contribution in [0.1, 0.15) is 25.0 Å². The summed E-state index contributed by atoms with van der Waals surface area (Å²) in [5.74, 6) is 1.39. The molecule has 1 amide bonds. The van der Waals surface area contributed by atoms with Gasteiger partial charge in [-0.2, -0.15) is 0 Å². The van der Waals surface area contributed by atoms with Gasteiger partial charge in [0.1, 0.15) is 23.4 Å². The molecule has 1 aliphatic rings. The number of carbonyl (C=O) groups excluding carboxylic acids is 1. The zero-order valence-corrected chi connectivity index (χ0v) is 20.4. The van der Waals surface area contributed by atoms with E-state index in [2.05, 4.69) is 20.0 Å². The number of nitrogens with zero attached hydrogens (tertiary/aromatic N) is 2. The van der Waals surface area contributed by atoms with Crippen LogP contribution in [-0.4, -0.2) is 38.3 Å². The molecule has 2 heterocycles. The minimum absolute atomic E-state index is 0.156. The fraction of sp³-hybridized carbons (Fsp3) is 0.240. The third-order valence-corrected chi connectivity index (χ3v) is 6.76. The Morgan fingerprint density at radius 1 is 1.09 bits per heavy atom. The maximum Gasteiger partial charge on any atom is 0.263 e. The van der Waals surface area contributed by atoms with Crippen molar-refractivity contribution in [1.29, 1.82) is 0 Å². The molecule has 35 heavy (non-hydrogen) atoms. The average Bonchev–Trinajstić information content (AvgIpc) is 3.11. The van der Waals surface area contributed by atoms with E-state index in [1.54, 1.807) is 55.8 Å². The summed E-state index contributed by atoms with van der Waals surface area (Å²) in [6.07, 6.45) is 1.62. The van der Waals surface area contributed by atoms with Crippen LogP contribution in [-0.2, 0) is 21.4 Å². The van der Waals surface area contributed by atoms with Gasteiger partial charge in [-0.3, -0.25) is 14.5 Å². The number of amidine groups is 1.